The van der Waals surface area contributed by atoms with Crippen molar-refractivity contribution < 1.29 is 9.72 Å². The van der Waals surface area contributed by atoms with Crippen LogP contribution < -0.4 is 10.6 Å². The average Bonchev–Trinajstić information content (AvgIpc) is 2.38. The van der Waals surface area contributed by atoms with Gasteiger partial charge in [-0.1, -0.05) is 11.6 Å². The number of nitrogens with one attached hydrogen (secondary N) is 2. The van der Waals surface area contributed by atoms with E-state index in [0.29, 0.717) is 0 Å². The SMILES string of the molecule is CC1(NC(=O)c2cc(Cl)cc([N+](=O)[O-])c2)CCNCC1.Cl. The van der Waals surface area contributed by atoms with E-state index in [4.69, 9.17) is 11.6 Å². The summed E-state index contributed by atoms with van der Waals surface area (Å²) in [6.45, 7) is 3.66. The van der Waals surface area contributed by atoms with Gasteiger partial charge in [-0.15, -0.1) is 12.4 Å². The van der Waals surface area contributed by atoms with E-state index in [0.717, 1.165) is 25.9 Å². The Labute approximate surface area is 133 Å². The van der Waals surface area contributed by atoms with Gasteiger partial charge in [-0.05, 0) is 38.9 Å². The first-order valence-corrected chi connectivity index (χ1v) is 6.76. The molecule has 2 rings (SSSR count). The van der Waals surface area contributed by atoms with Crippen LogP contribution in [0.1, 0.15) is 30.1 Å². The fraction of sp³-hybridized carbons (Fsp3) is 0.462. The second-order valence-electron chi connectivity index (χ2n) is 5.22. The molecule has 0 saturated carbocycles. The third-order valence-corrected chi connectivity index (χ3v) is 3.70. The van der Waals surface area contributed by atoms with Crippen LogP contribution in [0.25, 0.3) is 0 Å². The summed E-state index contributed by atoms with van der Waals surface area (Å²) in [5, 5.41) is 17.1. The zero-order valence-corrected chi connectivity index (χ0v) is 13.1. The van der Waals surface area contributed by atoms with Crippen LogP contribution in [-0.2, 0) is 0 Å². The Morgan fingerprint density at radius 2 is 2.00 bits per heavy atom. The van der Waals surface area contributed by atoms with E-state index in [1.807, 2.05) is 6.92 Å². The van der Waals surface area contributed by atoms with Crippen LogP contribution in [0, 0.1) is 10.1 Å². The second-order valence-corrected chi connectivity index (χ2v) is 5.66. The zero-order chi connectivity index (χ0) is 14.8. The van der Waals surface area contributed by atoms with Crippen molar-refractivity contribution in [3.05, 3.63) is 38.9 Å². The van der Waals surface area contributed by atoms with Crippen LogP contribution in [0.5, 0.6) is 0 Å². The van der Waals surface area contributed by atoms with E-state index in [9.17, 15) is 14.9 Å². The molecule has 0 bridgehead atoms. The van der Waals surface area contributed by atoms with E-state index in [-0.39, 0.29) is 40.1 Å². The molecule has 8 heteroatoms. The highest BCUT2D eigenvalue weighted by molar-refractivity contribution is 6.31. The number of amides is 1. The smallest absolute Gasteiger partial charge is 0.271 e. The Hall–Kier alpha value is -1.37. The van der Waals surface area contributed by atoms with Gasteiger partial charge in [0.15, 0.2) is 0 Å². The predicted octanol–water partition coefficient (Wildman–Crippen LogP) is 2.54. The number of piperidine rings is 1. The van der Waals surface area contributed by atoms with Gasteiger partial charge in [0.05, 0.1) is 4.92 Å². The molecule has 0 atom stereocenters. The van der Waals surface area contributed by atoms with Crippen molar-refractivity contribution in [2.75, 3.05) is 13.1 Å². The van der Waals surface area contributed by atoms with E-state index >= 15 is 0 Å². The summed E-state index contributed by atoms with van der Waals surface area (Å²) in [7, 11) is 0. The maximum atomic E-state index is 12.2. The van der Waals surface area contributed by atoms with Crippen molar-refractivity contribution in [2.24, 2.45) is 0 Å². The van der Waals surface area contributed by atoms with Crippen LogP contribution in [0.3, 0.4) is 0 Å². The third kappa shape index (κ3) is 4.56. The Balaban J connectivity index is 0.00000220. The monoisotopic (exact) mass is 333 g/mol. The largest absolute Gasteiger partial charge is 0.347 e. The van der Waals surface area contributed by atoms with Gasteiger partial charge < -0.3 is 10.6 Å². The summed E-state index contributed by atoms with van der Waals surface area (Å²) in [5.74, 6) is -0.333. The molecule has 1 saturated heterocycles. The zero-order valence-electron chi connectivity index (χ0n) is 11.5. The third-order valence-electron chi connectivity index (χ3n) is 3.48. The van der Waals surface area contributed by atoms with Crippen molar-refractivity contribution in [3.8, 4) is 0 Å². The topological polar surface area (TPSA) is 84.3 Å². The first-order chi connectivity index (χ1) is 9.39. The van der Waals surface area contributed by atoms with Crippen molar-refractivity contribution in [2.45, 2.75) is 25.3 Å². The standard InChI is InChI=1S/C13H16ClN3O3.ClH/c1-13(2-4-15-5-3-13)16-12(18)9-6-10(14)8-11(7-9)17(19)20;/h6-8,15H,2-5H2,1H3,(H,16,18);1H. The molecule has 1 aromatic carbocycles. The Bertz CT molecular complexity index is 545. The molecule has 0 unspecified atom stereocenters. The highest BCUT2D eigenvalue weighted by Gasteiger charge is 2.29. The van der Waals surface area contributed by atoms with Crippen LogP contribution in [0.15, 0.2) is 18.2 Å². The lowest BCUT2D eigenvalue weighted by molar-refractivity contribution is -0.384. The number of carbonyl (C=O) groups is 1. The number of hydrogen-bond acceptors (Lipinski definition) is 4. The highest BCUT2D eigenvalue weighted by atomic mass is 35.5. The lowest BCUT2D eigenvalue weighted by Gasteiger charge is -2.35. The fourth-order valence-electron chi connectivity index (χ4n) is 2.26. The van der Waals surface area contributed by atoms with Crippen molar-refractivity contribution >= 4 is 35.6 Å². The van der Waals surface area contributed by atoms with Gasteiger partial charge in [0.2, 0.25) is 0 Å². The Kier molecular flexibility index (Phi) is 5.95. The maximum absolute atomic E-state index is 12.2. The van der Waals surface area contributed by atoms with Gasteiger partial charge in [0.25, 0.3) is 11.6 Å². The summed E-state index contributed by atoms with van der Waals surface area (Å²) in [5.41, 5.74) is -0.263. The minimum atomic E-state index is -0.561. The van der Waals surface area contributed by atoms with Crippen LogP contribution in [0.2, 0.25) is 5.02 Å². The molecular formula is C13H17Cl2N3O3. The Morgan fingerprint density at radius 1 is 1.38 bits per heavy atom. The van der Waals surface area contributed by atoms with Crippen molar-refractivity contribution in [3.63, 3.8) is 0 Å². The molecule has 0 aromatic heterocycles. The van der Waals surface area contributed by atoms with E-state index in [2.05, 4.69) is 10.6 Å². The molecule has 1 aliphatic heterocycles. The number of carbonyl (C=O) groups excluding carboxylic acids is 1. The number of nitrogens with zero attached hydrogens (tertiary/aromatic N) is 1. The first-order valence-electron chi connectivity index (χ1n) is 6.38. The number of benzene rings is 1. The Morgan fingerprint density at radius 3 is 2.57 bits per heavy atom. The second kappa shape index (κ2) is 7.06. The number of nitro benzene ring substituents is 1. The number of rotatable bonds is 3. The van der Waals surface area contributed by atoms with E-state index < -0.39 is 4.92 Å². The van der Waals surface area contributed by atoms with Crippen molar-refractivity contribution in [1.29, 1.82) is 0 Å². The van der Waals surface area contributed by atoms with Gasteiger partial charge in [0.1, 0.15) is 0 Å². The molecule has 2 N–H and O–H groups in total. The molecule has 0 radical (unpaired) electrons. The predicted molar refractivity (Wildman–Crippen MR) is 83.3 cm³/mol. The molecule has 0 aliphatic carbocycles. The fourth-order valence-corrected chi connectivity index (χ4v) is 2.49. The molecule has 116 valence electrons. The quantitative estimate of drug-likeness (QED) is 0.657. The summed E-state index contributed by atoms with van der Waals surface area (Å²) in [4.78, 5) is 22.5. The van der Waals surface area contributed by atoms with Gasteiger partial charge >= 0.3 is 0 Å². The van der Waals surface area contributed by atoms with Gasteiger partial charge in [-0.2, -0.15) is 0 Å². The van der Waals surface area contributed by atoms with Gasteiger partial charge in [0, 0.05) is 28.3 Å². The van der Waals surface area contributed by atoms with E-state index in [1.165, 1.54) is 18.2 Å². The molecule has 1 heterocycles. The van der Waals surface area contributed by atoms with Crippen LogP contribution in [-0.4, -0.2) is 29.5 Å². The minimum Gasteiger partial charge on any atom is -0.347 e. The molecule has 1 aromatic rings. The number of halogens is 2. The normalized spacial score (nSPS) is 16.7. The molecule has 1 aliphatic rings. The van der Waals surface area contributed by atoms with Crippen molar-refractivity contribution in [1.82, 2.24) is 10.6 Å². The first kappa shape index (κ1) is 17.7. The van der Waals surface area contributed by atoms with Crippen LogP contribution >= 0.6 is 24.0 Å². The van der Waals surface area contributed by atoms with Crippen LogP contribution in [0.4, 0.5) is 5.69 Å². The summed E-state index contributed by atoms with van der Waals surface area (Å²) in [6.07, 6.45) is 1.64. The number of non-ortho nitro benzene ring substituents is 1. The molecule has 21 heavy (non-hydrogen) atoms. The molecular weight excluding hydrogens is 317 g/mol. The van der Waals surface area contributed by atoms with Gasteiger partial charge in [-0.3, -0.25) is 14.9 Å². The van der Waals surface area contributed by atoms with E-state index in [1.54, 1.807) is 0 Å². The molecule has 1 fully saturated rings. The lowest BCUT2D eigenvalue weighted by Crippen LogP contribution is -2.52. The summed E-state index contributed by atoms with van der Waals surface area (Å²) >= 11 is 5.82. The number of hydrogen-bond donors (Lipinski definition) is 2. The minimum absolute atomic E-state index is 0. The number of nitro groups is 1. The summed E-state index contributed by atoms with van der Waals surface area (Å²) < 4.78 is 0. The van der Waals surface area contributed by atoms with Gasteiger partial charge in [-0.25, -0.2) is 0 Å². The highest BCUT2D eigenvalue weighted by Crippen LogP contribution is 2.23. The average molecular weight is 334 g/mol. The molecule has 6 nitrogen and oxygen atoms in total. The summed E-state index contributed by atoms with van der Waals surface area (Å²) in [6, 6.07) is 3.91. The lowest BCUT2D eigenvalue weighted by atomic mass is 9.90. The molecule has 0 spiro atoms. The maximum Gasteiger partial charge on any atom is 0.271 e. The molecule has 1 amide bonds.